The Balaban J connectivity index is 1.53. The van der Waals surface area contributed by atoms with Crippen molar-refractivity contribution in [3.8, 4) is 0 Å². The van der Waals surface area contributed by atoms with Crippen molar-refractivity contribution in [2.45, 2.75) is 51.2 Å². The molecule has 2 saturated heterocycles. The van der Waals surface area contributed by atoms with E-state index in [9.17, 15) is 4.39 Å². The second-order valence-electron chi connectivity index (χ2n) is 6.02. The molecule has 0 aromatic heterocycles. The fourth-order valence-corrected chi connectivity index (χ4v) is 3.49. The van der Waals surface area contributed by atoms with Crippen LogP contribution in [0.1, 0.15) is 36.8 Å². The van der Waals surface area contributed by atoms with Crippen molar-refractivity contribution < 1.29 is 4.39 Å². The second kappa shape index (κ2) is 5.59. The molecule has 0 aliphatic carbocycles. The average molecular weight is 262 g/mol. The summed E-state index contributed by atoms with van der Waals surface area (Å²) in [5.41, 5.74) is 1.93. The van der Waals surface area contributed by atoms with E-state index in [0.29, 0.717) is 6.04 Å². The lowest BCUT2D eigenvalue weighted by Crippen LogP contribution is -2.45. The Morgan fingerprint density at radius 2 is 2.21 bits per heavy atom. The molecule has 1 aromatic carbocycles. The first kappa shape index (κ1) is 13.1. The molecular formula is C16H23FN2. The van der Waals surface area contributed by atoms with Gasteiger partial charge in [-0.25, -0.2) is 4.39 Å². The van der Waals surface area contributed by atoms with Crippen molar-refractivity contribution in [1.82, 2.24) is 10.2 Å². The lowest BCUT2D eigenvalue weighted by molar-refractivity contribution is 0.166. The number of piperidine rings is 1. The SMILES string of the molecule is Cc1cc(CNC2CCN3CCCC3C2)ccc1F. The van der Waals surface area contributed by atoms with Crippen LogP contribution in [0, 0.1) is 12.7 Å². The van der Waals surface area contributed by atoms with Crippen molar-refractivity contribution in [2.75, 3.05) is 13.1 Å². The molecule has 0 bridgehead atoms. The van der Waals surface area contributed by atoms with E-state index >= 15 is 0 Å². The van der Waals surface area contributed by atoms with Crippen LogP contribution in [0.2, 0.25) is 0 Å². The summed E-state index contributed by atoms with van der Waals surface area (Å²) in [5, 5.41) is 3.65. The summed E-state index contributed by atoms with van der Waals surface area (Å²) >= 11 is 0. The first-order chi connectivity index (χ1) is 9.22. The van der Waals surface area contributed by atoms with Gasteiger partial charge in [0.05, 0.1) is 0 Å². The normalized spacial score (nSPS) is 27.5. The highest BCUT2D eigenvalue weighted by atomic mass is 19.1. The summed E-state index contributed by atoms with van der Waals surface area (Å²) in [6.45, 7) is 5.23. The Morgan fingerprint density at radius 1 is 1.32 bits per heavy atom. The van der Waals surface area contributed by atoms with E-state index in [1.165, 1.54) is 44.3 Å². The molecule has 0 amide bonds. The van der Waals surface area contributed by atoms with E-state index in [-0.39, 0.29) is 5.82 Å². The first-order valence-corrected chi connectivity index (χ1v) is 7.45. The van der Waals surface area contributed by atoms with Gasteiger partial charge in [0.1, 0.15) is 5.82 Å². The molecule has 3 heteroatoms. The minimum Gasteiger partial charge on any atom is -0.310 e. The van der Waals surface area contributed by atoms with Gasteiger partial charge in [-0.15, -0.1) is 0 Å². The lowest BCUT2D eigenvalue weighted by atomic mass is 9.97. The maximum Gasteiger partial charge on any atom is 0.126 e. The summed E-state index contributed by atoms with van der Waals surface area (Å²) in [7, 11) is 0. The van der Waals surface area contributed by atoms with E-state index in [1.807, 2.05) is 19.1 Å². The average Bonchev–Trinajstić information content (AvgIpc) is 2.87. The van der Waals surface area contributed by atoms with E-state index in [2.05, 4.69) is 10.2 Å². The van der Waals surface area contributed by atoms with Crippen LogP contribution in [0.15, 0.2) is 18.2 Å². The number of nitrogens with one attached hydrogen (secondary N) is 1. The van der Waals surface area contributed by atoms with Crippen molar-refractivity contribution >= 4 is 0 Å². The van der Waals surface area contributed by atoms with Crippen LogP contribution in [0.25, 0.3) is 0 Å². The summed E-state index contributed by atoms with van der Waals surface area (Å²) in [6.07, 6.45) is 5.26. The third-order valence-electron chi connectivity index (χ3n) is 4.64. The van der Waals surface area contributed by atoms with Gasteiger partial charge in [0.2, 0.25) is 0 Å². The van der Waals surface area contributed by atoms with Crippen LogP contribution in [0.4, 0.5) is 4.39 Å². The largest absolute Gasteiger partial charge is 0.310 e. The van der Waals surface area contributed by atoms with Crippen molar-refractivity contribution in [3.05, 3.63) is 35.1 Å². The quantitative estimate of drug-likeness (QED) is 0.901. The lowest BCUT2D eigenvalue weighted by Gasteiger charge is -2.35. The molecule has 1 N–H and O–H groups in total. The number of halogens is 1. The molecule has 2 atom stereocenters. The Hall–Kier alpha value is -0.930. The molecule has 2 aliphatic heterocycles. The molecule has 2 fully saturated rings. The van der Waals surface area contributed by atoms with E-state index in [0.717, 1.165) is 18.2 Å². The molecule has 2 unspecified atom stereocenters. The number of fused-ring (bicyclic) bond motifs is 1. The topological polar surface area (TPSA) is 15.3 Å². The highest BCUT2D eigenvalue weighted by Gasteiger charge is 2.31. The van der Waals surface area contributed by atoms with Gasteiger partial charge in [-0.2, -0.15) is 0 Å². The highest BCUT2D eigenvalue weighted by Crippen LogP contribution is 2.27. The molecule has 3 rings (SSSR count). The predicted octanol–water partition coefficient (Wildman–Crippen LogP) is 2.85. The zero-order valence-corrected chi connectivity index (χ0v) is 11.7. The van der Waals surface area contributed by atoms with E-state index in [4.69, 9.17) is 0 Å². The van der Waals surface area contributed by atoms with Crippen molar-refractivity contribution in [3.63, 3.8) is 0 Å². The van der Waals surface area contributed by atoms with E-state index < -0.39 is 0 Å². The van der Waals surface area contributed by atoms with Gasteiger partial charge in [-0.05, 0) is 62.9 Å². The zero-order chi connectivity index (χ0) is 13.2. The van der Waals surface area contributed by atoms with E-state index in [1.54, 1.807) is 6.07 Å². The number of hydrogen-bond donors (Lipinski definition) is 1. The summed E-state index contributed by atoms with van der Waals surface area (Å²) in [4.78, 5) is 2.64. The molecule has 104 valence electrons. The summed E-state index contributed by atoms with van der Waals surface area (Å²) in [6, 6.07) is 6.85. The summed E-state index contributed by atoms with van der Waals surface area (Å²) in [5.74, 6) is -0.108. The van der Waals surface area contributed by atoms with Gasteiger partial charge in [-0.1, -0.05) is 12.1 Å². The van der Waals surface area contributed by atoms with Gasteiger partial charge in [0.15, 0.2) is 0 Å². The zero-order valence-electron chi connectivity index (χ0n) is 11.7. The van der Waals surface area contributed by atoms with Crippen LogP contribution in [-0.4, -0.2) is 30.1 Å². The first-order valence-electron chi connectivity index (χ1n) is 7.45. The molecule has 2 heterocycles. The van der Waals surface area contributed by atoms with Crippen LogP contribution in [0.3, 0.4) is 0 Å². The van der Waals surface area contributed by atoms with Gasteiger partial charge >= 0.3 is 0 Å². The maximum atomic E-state index is 13.2. The second-order valence-corrected chi connectivity index (χ2v) is 6.02. The minimum atomic E-state index is -0.108. The fourth-order valence-electron chi connectivity index (χ4n) is 3.49. The molecule has 0 radical (unpaired) electrons. The standard InChI is InChI=1S/C16H23FN2/c1-12-9-13(4-5-16(12)17)11-18-14-6-8-19-7-2-3-15(19)10-14/h4-5,9,14-15,18H,2-3,6-8,10-11H2,1H3. The number of nitrogens with zero attached hydrogens (tertiary/aromatic N) is 1. The Labute approximate surface area is 115 Å². The third-order valence-corrected chi connectivity index (χ3v) is 4.64. The summed E-state index contributed by atoms with van der Waals surface area (Å²) < 4.78 is 13.2. The Bertz CT molecular complexity index is 446. The number of hydrogen-bond acceptors (Lipinski definition) is 2. The van der Waals surface area contributed by atoms with Crippen LogP contribution < -0.4 is 5.32 Å². The molecule has 2 aliphatic rings. The molecule has 2 nitrogen and oxygen atoms in total. The van der Waals surface area contributed by atoms with Crippen LogP contribution in [-0.2, 0) is 6.54 Å². The molecule has 1 aromatic rings. The van der Waals surface area contributed by atoms with Gasteiger partial charge in [0.25, 0.3) is 0 Å². The van der Waals surface area contributed by atoms with Crippen LogP contribution >= 0.6 is 0 Å². The third kappa shape index (κ3) is 2.98. The number of aryl methyl sites for hydroxylation is 1. The van der Waals surface area contributed by atoms with Crippen molar-refractivity contribution in [2.24, 2.45) is 0 Å². The molecule has 0 spiro atoms. The number of benzene rings is 1. The monoisotopic (exact) mass is 262 g/mol. The van der Waals surface area contributed by atoms with Gasteiger partial charge < -0.3 is 10.2 Å². The highest BCUT2D eigenvalue weighted by molar-refractivity contribution is 5.23. The minimum absolute atomic E-state index is 0.108. The smallest absolute Gasteiger partial charge is 0.126 e. The maximum absolute atomic E-state index is 13.2. The van der Waals surface area contributed by atoms with Crippen LogP contribution in [0.5, 0.6) is 0 Å². The van der Waals surface area contributed by atoms with Crippen molar-refractivity contribution in [1.29, 1.82) is 0 Å². The van der Waals surface area contributed by atoms with Gasteiger partial charge in [0, 0.05) is 18.6 Å². The molecule has 19 heavy (non-hydrogen) atoms. The predicted molar refractivity (Wildman–Crippen MR) is 75.6 cm³/mol. The Morgan fingerprint density at radius 3 is 3.05 bits per heavy atom. The Kier molecular flexibility index (Phi) is 3.85. The number of rotatable bonds is 3. The fraction of sp³-hybridized carbons (Fsp3) is 0.625. The van der Waals surface area contributed by atoms with Gasteiger partial charge in [-0.3, -0.25) is 0 Å². The molecular weight excluding hydrogens is 239 g/mol. The molecule has 0 saturated carbocycles.